The summed E-state index contributed by atoms with van der Waals surface area (Å²) < 4.78 is 5.31. The zero-order chi connectivity index (χ0) is 15.8. The first kappa shape index (κ1) is 17.2. The molecule has 2 saturated heterocycles. The minimum Gasteiger partial charge on any atom is -0.379 e. The Hall–Kier alpha value is -1.18. The van der Waals surface area contributed by atoms with Crippen molar-refractivity contribution in [1.82, 2.24) is 20.0 Å². The van der Waals surface area contributed by atoms with Gasteiger partial charge in [0.05, 0.1) is 13.2 Å². The van der Waals surface area contributed by atoms with E-state index in [9.17, 15) is 9.59 Å². The molecule has 0 aromatic carbocycles. The van der Waals surface area contributed by atoms with Gasteiger partial charge in [-0.05, 0) is 0 Å². The molecule has 2 rings (SSSR count). The molecule has 0 saturated carbocycles. The number of amides is 2. The molecule has 0 aromatic rings. The Kier molecular flexibility index (Phi) is 7.08. The predicted octanol–water partition coefficient (Wildman–Crippen LogP) is -1.01. The zero-order valence-electron chi connectivity index (χ0n) is 13.6. The fourth-order valence-corrected chi connectivity index (χ4v) is 2.81. The highest BCUT2D eigenvalue weighted by Gasteiger charge is 2.21. The van der Waals surface area contributed by atoms with Gasteiger partial charge in [-0.25, -0.2) is 0 Å². The molecule has 0 atom stereocenters. The summed E-state index contributed by atoms with van der Waals surface area (Å²) >= 11 is 0. The van der Waals surface area contributed by atoms with E-state index in [-0.39, 0.29) is 11.8 Å². The number of hydrogen-bond acceptors (Lipinski definition) is 5. The van der Waals surface area contributed by atoms with Gasteiger partial charge in [-0.1, -0.05) is 0 Å². The van der Waals surface area contributed by atoms with E-state index in [0.717, 1.165) is 45.9 Å². The van der Waals surface area contributed by atoms with Crippen molar-refractivity contribution in [2.24, 2.45) is 0 Å². The molecule has 126 valence electrons. The summed E-state index contributed by atoms with van der Waals surface area (Å²) in [6.07, 6.45) is 0.531. The maximum absolute atomic E-state index is 12.1. The van der Waals surface area contributed by atoms with E-state index < -0.39 is 0 Å². The molecule has 22 heavy (non-hydrogen) atoms. The highest BCUT2D eigenvalue weighted by atomic mass is 16.5. The quantitative estimate of drug-likeness (QED) is 0.637. The van der Waals surface area contributed by atoms with Crippen molar-refractivity contribution in [3.05, 3.63) is 0 Å². The van der Waals surface area contributed by atoms with Crippen LogP contribution in [0.2, 0.25) is 0 Å². The average molecular weight is 312 g/mol. The van der Waals surface area contributed by atoms with Crippen LogP contribution in [0.4, 0.5) is 0 Å². The van der Waals surface area contributed by atoms with Crippen molar-refractivity contribution < 1.29 is 14.3 Å². The van der Waals surface area contributed by atoms with Gasteiger partial charge < -0.3 is 19.9 Å². The predicted molar refractivity (Wildman–Crippen MR) is 83.6 cm³/mol. The molecule has 0 aliphatic carbocycles. The smallest absolute Gasteiger partial charge is 0.223 e. The van der Waals surface area contributed by atoms with Gasteiger partial charge in [0.2, 0.25) is 11.8 Å². The minimum absolute atomic E-state index is 0.0943. The molecular weight excluding hydrogens is 284 g/mol. The number of carbonyl (C=O) groups excluding carboxylic acids is 2. The number of morpholine rings is 1. The monoisotopic (exact) mass is 312 g/mol. The van der Waals surface area contributed by atoms with Crippen LogP contribution in [0.3, 0.4) is 0 Å². The molecule has 7 heteroatoms. The topological polar surface area (TPSA) is 65.1 Å². The third kappa shape index (κ3) is 5.55. The van der Waals surface area contributed by atoms with Crippen LogP contribution in [0.5, 0.6) is 0 Å². The highest BCUT2D eigenvalue weighted by molar-refractivity contribution is 5.77. The van der Waals surface area contributed by atoms with Gasteiger partial charge in [0.25, 0.3) is 0 Å². The lowest BCUT2D eigenvalue weighted by molar-refractivity contribution is -0.138. The number of hydrogen-bond donors (Lipinski definition) is 1. The second-order valence-corrected chi connectivity index (χ2v) is 5.84. The number of nitrogens with zero attached hydrogens (tertiary/aromatic N) is 3. The van der Waals surface area contributed by atoms with Crippen molar-refractivity contribution in [2.45, 2.75) is 13.3 Å². The molecule has 0 aromatic heterocycles. The van der Waals surface area contributed by atoms with E-state index in [4.69, 9.17) is 4.74 Å². The SMILES string of the molecule is CC(=O)N1CCN(C(=O)CCNCCN2CCOCC2)CC1. The largest absolute Gasteiger partial charge is 0.379 e. The van der Waals surface area contributed by atoms with Crippen LogP contribution in [0.1, 0.15) is 13.3 Å². The van der Waals surface area contributed by atoms with E-state index in [1.54, 1.807) is 11.8 Å². The summed E-state index contributed by atoms with van der Waals surface area (Å²) in [6.45, 7) is 10.5. The second-order valence-electron chi connectivity index (χ2n) is 5.84. The van der Waals surface area contributed by atoms with Gasteiger partial charge in [0.15, 0.2) is 0 Å². The third-order valence-electron chi connectivity index (χ3n) is 4.30. The number of rotatable bonds is 6. The van der Waals surface area contributed by atoms with Crippen LogP contribution in [0.15, 0.2) is 0 Å². The first-order valence-corrected chi connectivity index (χ1v) is 8.21. The van der Waals surface area contributed by atoms with Gasteiger partial charge in [0.1, 0.15) is 0 Å². The molecule has 2 amide bonds. The summed E-state index contributed by atoms with van der Waals surface area (Å²) in [6, 6.07) is 0. The minimum atomic E-state index is 0.0943. The van der Waals surface area contributed by atoms with Crippen LogP contribution in [0, 0.1) is 0 Å². The highest BCUT2D eigenvalue weighted by Crippen LogP contribution is 2.03. The van der Waals surface area contributed by atoms with Gasteiger partial charge in [-0.2, -0.15) is 0 Å². The van der Waals surface area contributed by atoms with Crippen LogP contribution in [-0.4, -0.2) is 98.6 Å². The molecule has 1 N–H and O–H groups in total. The first-order valence-electron chi connectivity index (χ1n) is 8.21. The van der Waals surface area contributed by atoms with Crippen LogP contribution in [-0.2, 0) is 14.3 Å². The standard InChI is InChI=1S/C15H28N4O3/c1-14(20)18-6-8-19(9-7-18)15(21)2-3-16-4-5-17-10-12-22-13-11-17/h16H,2-13H2,1H3. The fourth-order valence-electron chi connectivity index (χ4n) is 2.81. The van der Waals surface area contributed by atoms with Crippen LogP contribution >= 0.6 is 0 Å². The molecule has 7 nitrogen and oxygen atoms in total. The number of carbonyl (C=O) groups is 2. The lowest BCUT2D eigenvalue weighted by Gasteiger charge is -2.34. The third-order valence-corrected chi connectivity index (χ3v) is 4.30. The van der Waals surface area contributed by atoms with Crippen molar-refractivity contribution in [2.75, 3.05) is 72.1 Å². The number of nitrogens with one attached hydrogen (secondary N) is 1. The second kappa shape index (κ2) is 9.07. The maximum atomic E-state index is 12.1. The summed E-state index contributed by atoms with van der Waals surface area (Å²) in [5.41, 5.74) is 0. The maximum Gasteiger partial charge on any atom is 0.223 e. The Morgan fingerprint density at radius 2 is 1.59 bits per heavy atom. The molecule has 2 heterocycles. The molecule has 2 aliphatic heterocycles. The summed E-state index contributed by atoms with van der Waals surface area (Å²) in [7, 11) is 0. The molecule has 0 spiro atoms. The molecule has 2 aliphatic rings. The van der Waals surface area contributed by atoms with Gasteiger partial charge in [0, 0.05) is 72.2 Å². The molecule has 0 radical (unpaired) electrons. The van der Waals surface area contributed by atoms with Gasteiger partial charge in [-0.15, -0.1) is 0 Å². The molecule has 0 bridgehead atoms. The van der Waals surface area contributed by atoms with E-state index in [1.165, 1.54) is 0 Å². The van der Waals surface area contributed by atoms with Gasteiger partial charge in [-0.3, -0.25) is 14.5 Å². The molecule has 0 unspecified atom stereocenters. The van der Waals surface area contributed by atoms with Crippen molar-refractivity contribution in [3.8, 4) is 0 Å². The molecule has 2 fully saturated rings. The van der Waals surface area contributed by atoms with Crippen molar-refractivity contribution in [3.63, 3.8) is 0 Å². The Morgan fingerprint density at radius 3 is 2.23 bits per heavy atom. The van der Waals surface area contributed by atoms with Crippen LogP contribution in [0.25, 0.3) is 0 Å². The number of piperazine rings is 1. The molecular formula is C15H28N4O3. The van der Waals surface area contributed by atoms with Gasteiger partial charge >= 0.3 is 0 Å². The Balaban J connectivity index is 1.51. The summed E-state index contributed by atoms with van der Waals surface area (Å²) in [5, 5.41) is 3.34. The zero-order valence-corrected chi connectivity index (χ0v) is 13.6. The van der Waals surface area contributed by atoms with E-state index in [1.807, 2.05) is 4.90 Å². The Labute approximate surface area is 132 Å². The number of ether oxygens (including phenoxy) is 1. The first-order chi connectivity index (χ1) is 10.7. The summed E-state index contributed by atoms with van der Waals surface area (Å²) in [5.74, 6) is 0.277. The Morgan fingerprint density at radius 1 is 0.955 bits per heavy atom. The normalized spacial score (nSPS) is 20.2. The van der Waals surface area contributed by atoms with Crippen LogP contribution < -0.4 is 5.32 Å². The van der Waals surface area contributed by atoms with Crippen molar-refractivity contribution >= 4 is 11.8 Å². The Bertz CT molecular complexity index is 364. The average Bonchev–Trinajstić information content (AvgIpc) is 2.55. The fraction of sp³-hybridized carbons (Fsp3) is 0.867. The van der Waals surface area contributed by atoms with Crippen molar-refractivity contribution in [1.29, 1.82) is 0 Å². The van der Waals surface area contributed by atoms with E-state index >= 15 is 0 Å². The summed E-state index contributed by atoms with van der Waals surface area (Å²) in [4.78, 5) is 29.4. The lowest BCUT2D eigenvalue weighted by Crippen LogP contribution is -2.50. The van der Waals surface area contributed by atoms with E-state index in [0.29, 0.717) is 32.6 Å². The van der Waals surface area contributed by atoms with E-state index in [2.05, 4.69) is 10.2 Å². The lowest BCUT2D eigenvalue weighted by atomic mass is 10.2.